The number of aromatic hydroxyl groups is 2. The molecular formula is C41H34N8O14S3. The molecule has 0 radical (unpaired) electrons. The van der Waals surface area contributed by atoms with Crippen molar-refractivity contribution in [1.29, 1.82) is 0 Å². The molecule has 0 saturated carbocycles. The lowest BCUT2D eigenvalue weighted by atomic mass is 10.1. The Balaban J connectivity index is 1.15. The van der Waals surface area contributed by atoms with Crippen LogP contribution in [0.5, 0.6) is 28.7 Å². The summed E-state index contributed by atoms with van der Waals surface area (Å²) in [5.74, 6) is -0.837. The maximum atomic E-state index is 12.6. The number of nitrogens with two attached hydrogens (primary N) is 1. The van der Waals surface area contributed by atoms with E-state index in [9.17, 15) is 49.1 Å². The van der Waals surface area contributed by atoms with Crippen molar-refractivity contribution < 1.29 is 63.3 Å². The minimum Gasteiger partial charge on any atom is -0.506 e. The van der Waals surface area contributed by atoms with Gasteiger partial charge in [0.15, 0.2) is 5.75 Å². The van der Waals surface area contributed by atoms with E-state index >= 15 is 0 Å². The Bertz CT molecular complexity index is 3550. The number of ether oxygens (including phenoxy) is 3. The Morgan fingerprint density at radius 1 is 0.500 bits per heavy atom. The van der Waals surface area contributed by atoms with Gasteiger partial charge in [-0.25, -0.2) is 0 Å². The zero-order chi connectivity index (χ0) is 47.7. The molecule has 0 heterocycles. The van der Waals surface area contributed by atoms with Crippen LogP contribution in [0.3, 0.4) is 0 Å². The molecule has 22 nitrogen and oxygen atoms in total. The fourth-order valence-corrected chi connectivity index (χ4v) is 8.19. The molecule has 8 N–H and O–H groups in total. The minimum absolute atomic E-state index is 0.00835. The summed E-state index contributed by atoms with van der Waals surface area (Å²) in [6.45, 7) is 0. The average molecular weight is 959 g/mol. The second kappa shape index (κ2) is 18.0. The summed E-state index contributed by atoms with van der Waals surface area (Å²) in [7, 11) is -10.0. The first-order valence-corrected chi connectivity index (χ1v) is 22.8. The fourth-order valence-electron chi connectivity index (χ4n) is 6.37. The van der Waals surface area contributed by atoms with Gasteiger partial charge in [0.1, 0.15) is 61.2 Å². The van der Waals surface area contributed by atoms with Crippen molar-refractivity contribution in [3.8, 4) is 28.7 Å². The lowest BCUT2D eigenvalue weighted by Crippen LogP contribution is -2.04. The van der Waals surface area contributed by atoms with Crippen LogP contribution >= 0.6 is 0 Å². The van der Waals surface area contributed by atoms with Gasteiger partial charge < -0.3 is 35.5 Å². The third kappa shape index (κ3) is 9.94. The highest BCUT2D eigenvalue weighted by Gasteiger charge is 2.23. The van der Waals surface area contributed by atoms with Crippen LogP contribution < -0.4 is 25.3 Å². The molecule has 0 atom stereocenters. The molecule has 340 valence electrons. The molecule has 0 bridgehead atoms. The van der Waals surface area contributed by atoms with E-state index < -0.39 is 57.3 Å². The smallest absolute Gasteiger partial charge is 0.296 e. The Morgan fingerprint density at radius 2 is 1.03 bits per heavy atom. The number of phenols is 2. The highest BCUT2D eigenvalue weighted by Crippen LogP contribution is 2.46. The average Bonchev–Trinajstić information content (AvgIpc) is 3.26. The lowest BCUT2D eigenvalue weighted by Gasteiger charge is -2.12. The number of rotatable bonds is 14. The Hall–Kier alpha value is -7.81. The SMILES string of the molecule is COc1cc(N=Nc2cc(O)c(N=Nc3c(S(=O)(=O)O)cc4cc(Nc5ccc(N)c(S(=O)(=O)O)c5)ccc4c3O)cc2OC)c(OC)cc1N=Nc1ccc2cc(S(=O)(=O)O)ccc2c1. The number of azo groups is 3. The summed E-state index contributed by atoms with van der Waals surface area (Å²) in [5.41, 5.74) is 5.77. The van der Waals surface area contributed by atoms with Gasteiger partial charge in [-0.1, -0.05) is 12.1 Å². The van der Waals surface area contributed by atoms with Gasteiger partial charge >= 0.3 is 0 Å². The zero-order valence-electron chi connectivity index (χ0n) is 34.2. The second-order valence-corrected chi connectivity index (χ2v) is 18.0. The summed E-state index contributed by atoms with van der Waals surface area (Å²) < 4.78 is 117. The molecular weight excluding hydrogens is 925 g/mol. The highest BCUT2D eigenvalue weighted by atomic mass is 32.2. The first kappa shape index (κ1) is 46.2. The summed E-state index contributed by atoms with van der Waals surface area (Å²) in [6, 6.07) is 23.2. The zero-order valence-corrected chi connectivity index (χ0v) is 36.7. The van der Waals surface area contributed by atoms with Gasteiger partial charge in [-0.2, -0.15) is 30.4 Å². The molecule has 66 heavy (non-hydrogen) atoms. The summed E-state index contributed by atoms with van der Waals surface area (Å²) >= 11 is 0. The van der Waals surface area contributed by atoms with Crippen LogP contribution in [0.2, 0.25) is 0 Å². The molecule has 7 rings (SSSR count). The molecule has 7 aromatic carbocycles. The molecule has 7 aromatic rings. The van der Waals surface area contributed by atoms with Crippen molar-refractivity contribution in [1.82, 2.24) is 0 Å². The van der Waals surface area contributed by atoms with Crippen LogP contribution in [0, 0.1) is 0 Å². The van der Waals surface area contributed by atoms with Crippen molar-refractivity contribution >= 4 is 103 Å². The number of hydrogen-bond donors (Lipinski definition) is 7. The summed E-state index contributed by atoms with van der Waals surface area (Å²) in [6.07, 6.45) is 0. The molecule has 0 aliphatic carbocycles. The number of nitrogen functional groups attached to an aromatic ring is 1. The first-order valence-electron chi connectivity index (χ1n) is 18.5. The van der Waals surface area contributed by atoms with E-state index in [1.165, 1.54) is 88.1 Å². The van der Waals surface area contributed by atoms with Gasteiger partial charge in [-0.05, 0) is 82.9 Å². The van der Waals surface area contributed by atoms with E-state index in [1.54, 1.807) is 18.2 Å². The van der Waals surface area contributed by atoms with Crippen LogP contribution in [0.25, 0.3) is 21.5 Å². The normalized spacial score (nSPS) is 12.5. The van der Waals surface area contributed by atoms with Crippen molar-refractivity contribution in [2.75, 3.05) is 32.4 Å². The van der Waals surface area contributed by atoms with Crippen LogP contribution in [0.15, 0.2) is 149 Å². The number of benzene rings is 7. The van der Waals surface area contributed by atoms with E-state index in [1.807, 2.05) is 0 Å². The molecule has 0 amide bonds. The molecule has 0 spiro atoms. The Kier molecular flexibility index (Phi) is 12.6. The lowest BCUT2D eigenvalue weighted by molar-refractivity contribution is 0.404. The van der Waals surface area contributed by atoms with E-state index in [-0.39, 0.29) is 72.7 Å². The van der Waals surface area contributed by atoms with E-state index in [4.69, 9.17) is 19.9 Å². The predicted molar refractivity (Wildman–Crippen MR) is 240 cm³/mol. The molecule has 0 fully saturated rings. The molecule has 0 aliphatic heterocycles. The Labute approximate surface area is 374 Å². The number of nitrogens with zero attached hydrogens (tertiary/aromatic N) is 6. The fraction of sp³-hybridized carbons (Fsp3) is 0.0732. The van der Waals surface area contributed by atoms with Crippen LogP contribution in [-0.2, 0) is 30.4 Å². The van der Waals surface area contributed by atoms with Crippen molar-refractivity contribution in [3.05, 3.63) is 103 Å². The van der Waals surface area contributed by atoms with Gasteiger partial charge in [0.25, 0.3) is 30.4 Å². The second-order valence-electron chi connectivity index (χ2n) is 13.8. The van der Waals surface area contributed by atoms with Crippen molar-refractivity contribution in [2.24, 2.45) is 30.7 Å². The summed E-state index contributed by atoms with van der Waals surface area (Å²) in [4.78, 5) is -1.65. The van der Waals surface area contributed by atoms with Gasteiger partial charge in [0.05, 0.1) is 37.6 Å². The third-order valence-corrected chi connectivity index (χ3v) is 12.2. The van der Waals surface area contributed by atoms with Crippen LogP contribution in [0.1, 0.15) is 0 Å². The molecule has 0 aromatic heterocycles. The number of nitrogens with one attached hydrogen (secondary N) is 1. The minimum atomic E-state index is -5.07. The van der Waals surface area contributed by atoms with Crippen molar-refractivity contribution in [3.63, 3.8) is 0 Å². The van der Waals surface area contributed by atoms with E-state index in [2.05, 4.69) is 36.0 Å². The number of methoxy groups -OCH3 is 3. The quantitative estimate of drug-likeness (QED) is 0.0303. The third-order valence-electron chi connectivity index (χ3n) is 9.55. The maximum Gasteiger partial charge on any atom is 0.296 e. The van der Waals surface area contributed by atoms with Gasteiger partial charge in [0, 0.05) is 41.0 Å². The van der Waals surface area contributed by atoms with Crippen molar-refractivity contribution in [2.45, 2.75) is 14.7 Å². The summed E-state index contributed by atoms with van der Waals surface area (Å²) in [5, 5.41) is 51.2. The standard InChI is InChI=1S/C41H34N8O14S3/c1-61-35-18-30(45-49-40-39(66(58,59)60)15-23-13-24(7-10-28(23)41(40)51)43-25-8-11-29(42)38(16-25)65(55,56)57)34(50)17-31(35)47-48-33-20-36(62-2)32(19-37(33)63-3)46-44-26-6-4-22-14-27(64(52,53)54)9-5-21(22)12-26/h4-20,43,50-51H,42H2,1-3H3,(H,52,53,54)(H,55,56,57)(H,58,59,60). The molecule has 0 aliphatic rings. The van der Waals surface area contributed by atoms with Gasteiger partial charge in [-0.3, -0.25) is 13.7 Å². The highest BCUT2D eigenvalue weighted by molar-refractivity contribution is 7.86. The number of fused-ring (bicyclic) bond motifs is 2. The molecule has 0 unspecified atom stereocenters. The van der Waals surface area contributed by atoms with Gasteiger partial charge in [-0.15, -0.1) is 25.6 Å². The predicted octanol–water partition coefficient (Wildman–Crippen LogP) is 9.74. The van der Waals surface area contributed by atoms with E-state index in [0.717, 1.165) is 18.2 Å². The number of phenolic OH excluding ortho intramolecular Hbond substituents is 2. The first-order chi connectivity index (χ1) is 31.2. The monoisotopic (exact) mass is 958 g/mol. The van der Waals surface area contributed by atoms with Crippen LogP contribution in [-0.4, -0.2) is 70.5 Å². The molecule has 0 saturated heterocycles. The molecule has 25 heteroatoms. The Morgan fingerprint density at radius 3 is 1.64 bits per heavy atom. The topological polar surface area (TPSA) is 343 Å². The largest absolute Gasteiger partial charge is 0.506 e. The number of anilines is 3. The van der Waals surface area contributed by atoms with Gasteiger partial charge in [0.2, 0.25) is 0 Å². The number of hydrogen-bond acceptors (Lipinski definition) is 19. The maximum absolute atomic E-state index is 12.6. The van der Waals surface area contributed by atoms with E-state index in [0.29, 0.717) is 16.5 Å². The van der Waals surface area contributed by atoms with Crippen LogP contribution in [0.4, 0.5) is 51.2 Å².